The molecule has 15 heavy (non-hydrogen) atoms. The van der Waals surface area contributed by atoms with Crippen LogP contribution in [0.25, 0.3) is 0 Å². The zero-order valence-corrected chi connectivity index (χ0v) is 12.7. The van der Waals surface area contributed by atoms with E-state index in [0.29, 0.717) is 0 Å². The molecule has 0 heterocycles. The Kier molecular flexibility index (Phi) is 4.58. The van der Waals surface area contributed by atoms with E-state index in [9.17, 15) is 0 Å². The average molecular weight is 338 g/mol. The van der Waals surface area contributed by atoms with Crippen LogP contribution in [0.15, 0.2) is 0 Å². The van der Waals surface area contributed by atoms with Crippen LogP contribution in [0.4, 0.5) is 0 Å². The Hall–Kier alpha value is 0.960. The molecule has 2 fully saturated rings. The molecular weight excluding hydrogens is 316 g/mol. The molecule has 2 aliphatic carbocycles. The van der Waals surface area contributed by atoms with Crippen molar-refractivity contribution in [2.45, 2.75) is 67.4 Å². The number of hydrogen-bond donors (Lipinski definition) is 0. The number of alkyl halides is 2. The molecule has 2 saturated carbocycles. The van der Waals surface area contributed by atoms with Gasteiger partial charge in [-0.1, -0.05) is 70.4 Å². The van der Waals surface area contributed by atoms with Crippen molar-refractivity contribution in [2.75, 3.05) is 0 Å². The fourth-order valence-corrected chi connectivity index (χ4v) is 5.14. The zero-order chi connectivity index (χ0) is 10.7. The van der Waals surface area contributed by atoms with Crippen molar-refractivity contribution in [1.82, 2.24) is 0 Å². The van der Waals surface area contributed by atoms with E-state index >= 15 is 0 Å². The maximum Gasteiger partial charge on any atom is 0.0861 e. The first-order chi connectivity index (χ1) is 7.21. The van der Waals surface area contributed by atoms with Crippen LogP contribution in [0, 0.1) is 11.8 Å². The molecule has 0 spiro atoms. The molecule has 0 aliphatic heterocycles. The van der Waals surface area contributed by atoms with Crippen molar-refractivity contribution in [3.8, 4) is 0 Å². The minimum atomic E-state index is 0.265. The summed E-state index contributed by atoms with van der Waals surface area (Å²) in [6.45, 7) is 0. The van der Waals surface area contributed by atoms with Crippen LogP contribution in [0.2, 0.25) is 0 Å². The van der Waals surface area contributed by atoms with Gasteiger partial charge in [0, 0.05) is 0 Å². The van der Waals surface area contributed by atoms with Gasteiger partial charge >= 0.3 is 0 Å². The second-order valence-corrected chi connectivity index (χ2v) is 9.03. The summed E-state index contributed by atoms with van der Waals surface area (Å²) in [5, 5.41) is 0. The first-order valence-corrected chi connectivity index (χ1v) is 8.17. The lowest BCUT2D eigenvalue weighted by Gasteiger charge is -2.41. The van der Waals surface area contributed by atoms with Crippen molar-refractivity contribution in [2.24, 2.45) is 11.8 Å². The molecule has 88 valence electrons. The average Bonchev–Trinajstić information content (AvgIpc) is 2.31. The smallest absolute Gasteiger partial charge is 0.0721 e. The van der Waals surface area contributed by atoms with Crippen molar-refractivity contribution in [1.29, 1.82) is 0 Å². The largest absolute Gasteiger partial charge is 0.0861 e. The Morgan fingerprint density at radius 3 is 1.27 bits per heavy atom. The normalized spacial score (nSPS) is 26.8. The van der Waals surface area contributed by atoms with Crippen molar-refractivity contribution >= 4 is 31.9 Å². The van der Waals surface area contributed by atoms with Crippen molar-refractivity contribution in [3.05, 3.63) is 0 Å². The highest BCUT2D eigenvalue weighted by Gasteiger charge is 2.41. The van der Waals surface area contributed by atoms with Gasteiger partial charge in [-0.2, -0.15) is 0 Å². The van der Waals surface area contributed by atoms with Crippen LogP contribution in [0.5, 0.6) is 0 Å². The lowest BCUT2D eigenvalue weighted by Crippen LogP contribution is -2.35. The predicted molar refractivity (Wildman–Crippen MR) is 73.7 cm³/mol. The highest BCUT2D eigenvalue weighted by Crippen LogP contribution is 2.51. The van der Waals surface area contributed by atoms with Gasteiger partial charge in [-0.25, -0.2) is 0 Å². The van der Waals surface area contributed by atoms with E-state index in [2.05, 4.69) is 31.9 Å². The minimum absolute atomic E-state index is 0.265. The molecule has 0 aromatic heterocycles. The molecule has 2 aliphatic rings. The monoisotopic (exact) mass is 336 g/mol. The summed E-state index contributed by atoms with van der Waals surface area (Å²) in [5.74, 6) is 1.74. The molecule has 0 amide bonds. The van der Waals surface area contributed by atoms with Gasteiger partial charge in [0.2, 0.25) is 0 Å². The summed E-state index contributed by atoms with van der Waals surface area (Å²) in [7, 11) is 0. The zero-order valence-electron chi connectivity index (χ0n) is 9.48. The molecule has 2 heteroatoms. The molecule has 0 aromatic rings. The van der Waals surface area contributed by atoms with Gasteiger partial charge in [0.05, 0.1) is 3.23 Å². The molecular formula is C13H22Br2. The van der Waals surface area contributed by atoms with E-state index in [1.807, 2.05) is 0 Å². The van der Waals surface area contributed by atoms with E-state index < -0.39 is 0 Å². The molecule has 0 bridgehead atoms. The van der Waals surface area contributed by atoms with Gasteiger partial charge in [-0.05, 0) is 37.5 Å². The predicted octanol–water partition coefficient (Wildman–Crippen LogP) is 5.63. The van der Waals surface area contributed by atoms with E-state index in [1.54, 1.807) is 0 Å². The van der Waals surface area contributed by atoms with E-state index in [0.717, 1.165) is 11.8 Å². The van der Waals surface area contributed by atoms with Crippen LogP contribution in [-0.4, -0.2) is 3.23 Å². The Morgan fingerprint density at radius 2 is 0.933 bits per heavy atom. The Morgan fingerprint density at radius 1 is 0.600 bits per heavy atom. The van der Waals surface area contributed by atoms with Gasteiger partial charge in [0.15, 0.2) is 0 Å². The lowest BCUT2D eigenvalue weighted by atomic mass is 9.77. The summed E-state index contributed by atoms with van der Waals surface area (Å²) in [6.07, 6.45) is 14.4. The summed E-state index contributed by atoms with van der Waals surface area (Å²) < 4.78 is 0.265. The fraction of sp³-hybridized carbons (Fsp3) is 1.00. The molecule has 0 N–H and O–H groups in total. The molecule has 0 unspecified atom stereocenters. The molecule has 0 nitrogen and oxygen atoms in total. The van der Waals surface area contributed by atoms with Gasteiger partial charge in [0.25, 0.3) is 0 Å². The van der Waals surface area contributed by atoms with E-state index in [-0.39, 0.29) is 3.23 Å². The van der Waals surface area contributed by atoms with Gasteiger partial charge < -0.3 is 0 Å². The maximum absolute atomic E-state index is 4.02. The third kappa shape index (κ3) is 3.00. The highest BCUT2D eigenvalue weighted by molar-refractivity contribution is 9.25. The summed E-state index contributed by atoms with van der Waals surface area (Å²) in [5.41, 5.74) is 0. The Bertz CT molecular complexity index is 169. The topological polar surface area (TPSA) is 0 Å². The SMILES string of the molecule is BrC(Br)(C1CCCCC1)C1CCCCC1. The van der Waals surface area contributed by atoms with Crippen LogP contribution in [0.1, 0.15) is 64.2 Å². The summed E-state index contributed by atoms with van der Waals surface area (Å²) in [4.78, 5) is 0. The molecule has 0 radical (unpaired) electrons. The highest BCUT2D eigenvalue weighted by atomic mass is 79.9. The van der Waals surface area contributed by atoms with E-state index in [1.165, 1.54) is 64.2 Å². The summed E-state index contributed by atoms with van der Waals surface area (Å²) >= 11 is 8.04. The molecule has 2 rings (SSSR count). The van der Waals surface area contributed by atoms with Crippen molar-refractivity contribution in [3.63, 3.8) is 0 Å². The quantitative estimate of drug-likeness (QED) is 0.572. The fourth-order valence-electron chi connectivity index (χ4n) is 3.31. The van der Waals surface area contributed by atoms with E-state index in [4.69, 9.17) is 0 Å². The van der Waals surface area contributed by atoms with Crippen molar-refractivity contribution < 1.29 is 0 Å². The van der Waals surface area contributed by atoms with Gasteiger partial charge in [-0.15, -0.1) is 0 Å². The minimum Gasteiger partial charge on any atom is -0.0721 e. The van der Waals surface area contributed by atoms with Crippen LogP contribution >= 0.6 is 31.9 Å². The standard InChI is InChI=1S/C13H22Br2/c14-13(15,11-7-3-1-4-8-11)12-9-5-2-6-10-12/h11-12H,1-10H2. The van der Waals surface area contributed by atoms with Crippen LogP contribution in [-0.2, 0) is 0 Å². The molecule has 0 saturated heterocycles. The van der Waals surface area contributed by atoms with Crippen LogP contribution in [0.3, 0.4) is 0 Å². The number of rotatable bonds is 2. The van der Waals surface area contributed by atoms with Gasteiger partial charge in [-0.3, -0.25) is 0 Å². The molecule has 0 atom stereocenters. The third-order valence-corrected chi connectivity index (χ3v) is 6.89. The maximum atomic E-state index is 4.02. The number of halogens is 2. The van der Waals surface area contributed by atoms with Gasteiger partial charge in [0.1, 0.15) is 0 Å². The second-order valence-electron chi connectivity index (χ2n) is 5.34. The first kappa shape index (κ1) is 12.4. The third-order valence-electron chi connectivity index (χ3n) is 4.30. The summed E-state index contributed by atoms with van der Waals surface area (Å²) in [6, 6.07) is 0. The Balaban J connectivity index is 1.96. The first-order valence-electron chi connectivity index (χ1n) is 6.59. The Labute approximate surface area is 111 Å². The molecule has 0 aromatic carbocycles. The lowest BCUT2D eigenvalue weighted by molar-refractivity contribution is 0.244. The van der Waals surface area contributed by atoms with Crippen LogP contribution < -0.4 is 0 Å². The number of hydrogen-bond acceptors (Lipinski definition) is 0. The second kappa shape index (κ2) is 5.53.